The van der Waals surface area contributed by atoms with Crippen LogP contribution in [0.1, 0.15) is 29.3 Å². The molecule has 0 saturated carbocycles. The average molecular weight is 434 g/mol. The number of esters is 1. The van der Waals surface area contributed by atoms with E-state index in [-0.39, 0.29) is 12.0 Å². The Balaban J connectivity index is 1.65. The highest BCUT2D eigenvalue weighted by molar-refractivity contribution is 5.81. The van der Waals surface area contributed by atoms with E-state index in [0.717, 1.165) is 28.2 Å². The summed E-state index contributed by atoms with van der Waals surface area (Å²) < 4.78 is 5.14. The number of carbonyl (C=O) groups excluding carboxylic acids is 1. The molecule has 0 radical (unpaired) electrons. The van der Waals surface area contributed by atoms with Crippen molar-refractivity contribution in [1.82, 2.24) is 25.1 Å². The van der Waals surface area contributed by atoms with Crippen LogP contribution in [0.3, 0.4) is 0 Å². The predicted octanol–water partition coefficient (Wildman–Crippen LogP) is 2.13. The smallest absolute Gasteiger partial charge is 0.330 e. The van der Waals surface area contributed by atoms with Crippen LogP contribution in [0.15, 0.2) is 43.1 Å². The first-order valence-electron chi connectivity index (χ1n) is 10.6. The minimum absolute atomic E-state index is 0.0872. The molecule has 9 heteroatoms. The van der Waals surface area contributed by atoms with Crippen LogP contribution >= 0.6 is 0 Å². The minimum Gasteiger partial charge on any atom is -0.467 e. The second kappa shape index (κ2) is 9.25. The second-order valence-electron chi connectivity index (χ2n) is 8.01. The number of methoxy groups -OCH3 is 1. The van der Waals surface area contributed by atoms with Gasteiger partial charge in [-0.15, -0.1) is 5.10 Å². The van der Waals surface area contributed by atoms with E-state index in [9.17, 15) is 4.79 Å². The Morgan fingerprint density at radius 2 is 1.88 bits per heavy atom. The van der Waals surface area contributed by atoms with Crippen molar-refractivity contribution >= 4 is 17.6 Å². The highest BCUT2D eigenvalue weighted by atomic mass is 16.5. The first-order chi connectivity index (χ1) is 15.5. The van der Waals surface area contributed by atoms with Crippen molar-refractivity contribution in [3.05, 3.63) is 65.5 Å². The van der Waals surface area contributed by atoms with Gasteiger partial charge < -0.3 is 14.5 Å². The summed E-state index contributed by atoms with van der Waals surface area (Å²) in [5.74, 6) is 1.13. The maximum absolute atomic E-state index is 12.8. The lowest BCUT2D eigenvalue weighted by Gasteiger charge is -2.45. The van der Waals surface area contributed by atoms with Gasteiger partial charge in [-0.2, -0.15) is 5.10 Å². The van der Waals surface area contributed by atoms with Crippen LogP contribution in [0.25, 0.3) is 0 Å². The summed E-state index contributed by atoms with van der Waals surface area (Å²) in [6.45, 7) is 7.17. The normalized spacial score (nSPS) is 18.5. The molecule has 1 saturated heterocycles. The third-order valence-corrected chi connectivity index (χ3v) is 6.02. The van der Waals surface area contributed by atoms with Crippen LogP contribution in [0, 0.1) is 13.8 Å². The van der Waals surface area contributed by atoms with Crippen molar-refractivity contribution in [3.63, 3.8) is 0 Å². The molecule has 4 rings (SSSR count). The Morgan fingerprint density at radius 1 is 1.06 bits per heavy atom. The first-order valence-corrected chi connectivity index (χ1v) is 10.6. The SMILES string of the molecule is COC(=O)[C@H]1CN(c2cnccn2)C(C)CN1c1nnc(Cc2cccnc2)c(C)c1C. The molecule has 32 heavy (non-hydrogen) atoms. The van der Waals surface area contributed by atoms with Gasteiger partial charge in [0.1, 0.15) is 11.9 Å². The summed E-state index contributed by atoms with van der Waals surface area (Å²) in [5.41, 5.74) is 4.05. The third kappa shape index (κ3) is 4.23. The molecule has 9 nitrogen and oxygen atoms in total. The number of hydrogen-bond acceptors (Lipinski definition) is 9. The van der Waals surface area contributed by atoms with Gasteiger partial charge in [0.05, 0.1) is 25.5 Å². The highest BCUT2D eigenvalue weighted by Gasteiger charge is 2.39. The van der Waals surface area contributed by atoms with Crippen LogP contribution in [0.5, 0.6) is 0 Å². The van der Waals surface area contributed by atoms with Crippen molar-refractivity contribution in [3.8, 4) is 0 Å². The number of hydrogen-bond donors (Lipinski definition) is 0. The van der Waals surface area contributed by atoms with Crippen LogP contribution in [-0.4, -0.2) is 63.4 Å². The highest BCUT2D eigenvalue weighted by Crippen LogP contribution is 2.29. The lowest BCUT2D eigenvalue weighted by atomic mass is 10.0. The molecule has 3 aromatic rings. The standard InChI is InChI=1S/C23H27N7O2/c1-15-13-30(20(23(31)32-4)14-29(15)21-12-25-8-9-26-21)22-17(3)16(2)19(27-28-22)10-18-6-5-7-24-11-18/h5-9,11-12,15,20H,10,13-14H2,1-4H3/t15?,20-/m1/s1. The average Bonchev–Trinajstić information content (AvgIpc) is 2.83. The quantitative estimate of drug-likeness (QED) is 0.561. The fourth-order valence-electron chi connectivity index (χ4n) is 4.08. The zero-order chi connectivity index (χ0) is 22.7. The summed E-state index contributed by atoms with van der Waals surface area (Å²) in [6, 6.07) is 3.50. The molecule has 2 atom stereocenters. The Labute approximate surface area is 187 Å². The second-order valence-corrected chi connectivity index (χ2v) is 8.01. The molecule has 1 aliphatic rings. The van der Waals surface area contributed by atoms with Crippen molar-refractivity contribution in [1.29, 1.82) is 0 Å². The van der Waals surface area contributed by atoms with Crippen LogP contribution in [0.4, 0.5) is 11.6 Å². The van der Waals surface area contributed by atoms with Crippen LogP contribution in [0.2, 0.25) is 0 Å². The Hall–Kier alpha value is -3.62. The van der Waals surface area contributed by atoms with E-state index in [2.05, 4.69) is 37.0 Å². The monoisotopic (exact) mass is 433 g/mol. The number of piperazine rings is 1. The Kier molecular flexibility index (Phi) is 6.25. The molecule has 0 aliphatic carbocycles. The van der Waals surface area contributed by atoms with E-state index in [4.69, 9.17) is 4.74 Å². The van der Waals surface area contributed by atoms with E-state index in [1.807, 2.05) is 37.1 Å². The number of aromatic nitrogens is 5. The van der Waals surface area contributed by atoms with Crippen molar-refractivity contribution in [2.75, 3.05) is 30.0 Å². The zero-order valence-electron chi connectivity index (χ0n) is 18.8. The van der Waals surface area contributed by atoms with Gasteiger partial charge in [0, 0.05) is 43.8 Å². The van der Waals surface area contributed by atoms with Gasteiger partial charge in [0.2, 0.25) is 0 Å². The lowest BCUT2D eigenvalue weighted by molar-refractivity contribution is -0.142. The van der Waals surface area contributed by atoms with Gasteiger partial charge in [-0.3, -0.25) is 9.97 Å². The summed E-state index contributed by atoms with van der Waals surface area (Å²) in [7, 11) is 1.41. The van der Waals surface area contributed by atoms with E-state index >= 15 is 0 Å². The molecule has 0 aromatic carbocycles. The van der Waals surface area contributed by atoms with E-state index in [1.165, 1.54) is 7.11 Å². The molecule has 4 heterocycles. The van der Waals surface area contributed by atoms with Crippen molar-refractivity contribution < 1.29 is 9.53 Å². The Bertz CT molecular complexity index is 1080. The summed E-state index contributed by atoms with van der Waals surface area (Å²) in [6.07, 6.45) is 9.25. The topological polar surface area (TPSA) is 97.2 Å². The van der Waals surface area contributed by atoms with E-state index in [0.29, 0.717) is 25.3 Å². The number of ether oxygens (including phenoxy) is 1. The number of rotatable bonds is 5. The van der Waals surface area contributed by atoms with E-state index in [1.54, 1.807) is 24.8 Å². The Morgan fingerprint density at radius 3 is 2.56 bits per heavy atom. The maximum atomic E-state index is 12.8. The number of anilines is 2. The van der Waals surface area contributed by atoms with Gasteiger partial charge in [0.25, 0.3) is 0 Å². The van der Waals surface area contributed by atoms with Gasteiger partial charge in [-0.05, 0) is 43.5 Å². The number of nitrogens with zero attached hydrogens (tertiary/aromatic N) is 7. The fourth-order valence-corrected chi connectivity index (χ4v) is 4.08. The molecule has 166 valence electrons. The van der Waals surface area contributed by atoms with Crippen LogP contribution < -0.4 is 9.80 Å². The van der Waals surface area contributed by atoms with Gasteiger partial charge in [0.15, 0.2) is 5.82 Å². The maximum Gasteiger partial charge on any atom is 0.330 e. The van der Waals surface area contributed by atoms with Crippen LogP contribution in [-0.2, 0) is 16.0 Å². The number of pyridine rings is 1. The summed E-state index contributed by atoms with van der Waals surface area (Å²) in [4.78, 5) is 29.6. The van der Waals surface area contributed by atoms with Crippen molar-refractivity contribution in [2.24, 2.45) is 0 Å². The molecular formula is C23H27N7O2. The molecular weight excluding hydrogens is 406 g/mol. The molecule has 0 bridgehead atoms. The zero-order valence-corrected chi connectivity index (χ0v) is 18.8. The molecule has 0 spiro atoms. The van der Waals surface area contributed by atoms with Gasteiger partial charge in [-0.25, -0.2) is 9.78 Å². The first kappa shape index (κ1) is 21.6. The molecule has 1 fully saturated rings. The minimum atomic E-state index is -0.533. The summed E-state index contributed by atoms with van der Waals surface area (Å²) >= 11 is 0. The molecule has 0 amide bonds. The van der Waals surface area contributed by atoms with Crippen molar-refractivity contribution in [2.45, 2.75) is 39.3 Å². The largest absolute Gasteiger partial charge is 0.467 e. The molecule has 3 aromatic heterocycles. The number of carbonyl (C=O) groups is 1. The summed E-state index contributed by atoms with van der Waals surface area (Å²) in [5, 5.41) is 9.08. The van der Waals surface area contributed by atoms with Gasteiger partial charge >= 0.3 is 5.97 Å². The predicted molar refractivity (Wildman–Crippen MR) is 121 cm³/mol. The molecule has 0 N–H and O–H groups in total. The van der Waals surface area contributed by atoms with E-state index < -0.39 is 6.04 Å². The third-order valence-electron chi connectivity index (χ3n) is 6.02. The fraction of sp³-hybridized carbons (Fsp3) is 0.391. The molecule has 1 unspecified atom stereocenters. The molecule has 1 aliphatic heterocycles. The lowest BCUT2D eigenvalue weighted by Crippen LogP contribution is -2.61. The van der Waals surface area contributed by atoms with Gasteiger partial charge in [-0.1, -0.05) is 6.07 Å².